The molecule has 0 aromatic carbocycles. The highest BCUT2D eigenvalue weighted by atomic mass is 35.5. The molecule has 0 aliphatic carbocycles. The number of halogens is 1. The molecule has 2 aromatic heterocycles. The Bertz CT molecular complexity index is 607. The molecular weight excluding hydrogens is 312 g/mol. The fourth-order valence-electron chi connectivity index (χ4n) is 1.45. The molecule has 0 bridgehead atoms. The quantitative estimate of drug-likeness (QED) is 0.795. The van der Waals surface area contributed by atoms with Gasteiger partial charge >= 0.3 is 0 Å². The summed E-state index contributed by atoms with van der Waals surface area (Å²) in [5.41, 5.74) is 2.43. The number of rotatable bonds is 5. The normalized spacial score (nSPS) is 12.2. The molecule has 0 saturated heterocycles. The number of hydrogen-bond donors (Lipinski definition) is 0. The predicted octanol–water partition coefficient (Wildman–Crippen LogP) is 2.76. The number of thiophene rings is 1. The van der Waals surface area contributed by atoms with Gasteiger partial charge in [0.25, 0.3) is 0 Å². The second-order valence-electron chi connectivity index (χ2n) is 3.58. The summed E-state index contributed by atoms with van der Waals surface area (Å²) < 4.78 is 26.0. The SMILES string of the molecule is CN(Cc1cscn1)S(=O)(=O)c1ccsc1CCl. The van der Waals surface area contributed by atoms with Crippen molar-refractivity contribution in [2.45, 2.75) is 17.3 Å². The molecule has 0 atom stereocenters. The van der Waals surface area contributed by atoms with E-state index in [-0.39, 0.29) is 12.4 Å². The van der Waals surface area contributed by atoms with Crippen molar-refractivity contribution in [2.24, 2.45) is 0 Å². The lowest BCUT2D eigenvalue weighted by atomic mass is 10.5. The highest BCUT2D eigenvalue weighted by molar-refractivity contribution is 7.89. The summed E-state index contributed by atoms with van der Waals surface area (Å²) in [6.07, 6.45) is 0. The maximum Gasteiger partial charge on any atom is 0.244 e. The van der Waals surface area contributed by atoms with Crippen LogP contribution in [0.25, 0.3) is 0 Å². The topological polar surface area (TPSA) is 50.3 Å². The van der Waals surface area contributed by atoms with Crippen LogP contribution in [0.5, 0.6) is 0 Å². The zero-order chi connectivity index (χ0) is 13.2. The van der Waals surface area contributed by atoms with E-state index in [2.05, 4.69) is 4.98 Å². The van der Waals surface area contributed by atoms with Gasteiger partial charge in [-0.15, -0.1) is 34.3 Å². The number of thiazole rings is 1. The summed E-state index contributed by atoms with van der Waals surface area (Å²) in [5.74, 6) is 0.205. The van der Waals surface area contributed by atoms with E-state index in [1.54, 1.807) is 24.0 Å². The highest BCUT2D eigenvalue weighted by Crippen LogP contribution is 2.26. The molecule has 4 nitrogen and oxygen atoms in total. The second kappa shape index (κ2) is 5.66. The molecule has 2 aromatic rings. The van der Waals surface area contributed by atoms with Gasteiger partial charge in [0.2, 0.25) is 10.0 Å². The van der Waals surface area contributed by atoms with E-state index < -0.39 is 10.0 Å². The van der Waals surface area contributed by atoms with E-state index in [0.717, 1.165) is 5.69 Å². The molecule has 98 valence electrons. The molecule has 0 saturated carbocycles. The summed E-state index contributed by atoms with van der Waals surface area (Å²) in [5, 5.41) is 3.57. The summed E-state index contributed by atoms with van der Waals surface area (Å²) in [7, 11) is -1.94. The molecule has 18 heavy (non-hydrogen) atoms. The van der Waals surface area contributed by atoms with Crippen LogP contribution in [-0.4, -0.2) is 24.8 Å². The van der Waals surface area contributed by atoms with Gasteiger partial charge in [0.05, 0.1) is 28.5 Å². The first-order valence-electron chi connectivity index (χ1n) is 5.01. The van der Waals surface area contributed by atoms with Crippen molar-refractivity contribution in [3.63, 3.8) is 0 Å². The van der Waals surface area contributed by atoms with Crippen molar-refractivity contribution in [1.82, 2.24) is 9.29 Å². The molecule has 2 rings (SSSR count). The third kappa shape index (κ3) is 2.75. The molecule has 0 N–H and O–H groups in total. The predicted molar refractivity (Wildman–Crippen MR) is 74.6 cm³/mol. The average Bonchev–Trinajstić information content (AvgIpc) is 2.98. The smallest absolute Gasteiger partial charge is 0.244 e. The molecule has 0 radical (unpaired) electrons. The van der Waals surface area contributed by atoms with Crippen molar-refractivity contribution in [2.75, 3.05) is 7.05 Å². The maximum atomic E-state index is 12.3. The Hall–Kier alpha value is -0.470. The summed E-state index contributed by atoms with van der Waals surface area (Å²) in [6, 6.07) is 1.59. The van der Waals surface area contributed by atoms with Crippen LogP contribution in [0.3, 0.4) is 0 Å². The van der Waals surface area contributed by atoms with Crippen molar-refractivity contribution in [3.05, 3.63) is 32.9 Å². The highest BCUT2D eigenvalue weighted by Gasteiger charge is 2.25. The lowest BCUT2D eigenvalue weighted by molar-refractivity contribution is 0.463. The first kappa shape index (κ1) is 14.0. The fraction of sp³-hybridized carbons (Fsp3) is 0.300. The molecule has 0 aliphatic rings. The first-order valence-corrected chi connectivity index (χ1v) is 8.81. The van der Waals surface area contributed by atoms with Crippen LogP contribution in [-0.2, 0) is 22.4 Å². The van der Waals surface area contributed by atoms with Crippen LogP contribution in [0.1, 0.15) is 10.6 Å². The molecule has 2 heterocycles. The number of aromatic nitrogens is 1. The number of nitrogens with zero attached hydrogens (tertiary/aromatic N) is 2. The van der Waals surface area contributed by atoms with Gasteiger partial charge in [0.15, 0.2) is 0 Å². The second-order valence-corrected chi connectivity index (χ2v) is 7.58. The minimum atomic E-state index is -3.49. The minimum absolute atomic E-state index is 0.205. The minimum Gasteiger partial charge on any atom is -0.248 e. The molecular formula is C10H11ClN2O2S3. The Morgan fingerprint density at radius 1 is 1.50 bits per heavy atom. The van der Waals surface area contributed by atoms with Gasteiger partial charge in [-0.1, -0.05) is 0 Å². The zero-order valence-corrected chi connectivity index (χ0v) is 12.7. The van der Waals surface area contributed by atoms with E-state index in [1.165, 1.54) is 27.0 Å². The van der Waals surface area contributed by atoms with E-state index >= 15 is 0 Å². The van der Waals surface area contributed by atoms with Gasteiger partial charge in [-0.05, 0) is 11.4 Å². The Morgan fingerprint density at radius 2 is 2.28 bits per heavy atom. The number of hydrogen-bond acceptors (Lipinski definition) is 5. The van der Waals surface area contributed by atoms with E-state index in [0.29, 0.717) is 9.77 Å². The molecule has 0 spiro atoms. The number of alkyl halides is 1. The van der Waals surface area contributed by atoms with Crippen molar-refractivity contribution in [3.8, 4) is 0 Å². The van der Waals surface area contributed by atoms with Crippen LogP contribution >= 0.6 is 34.3 Å². The molecule has 0 amide bonds. The summed E-state index contributed by atoms with van der Waals surface area (Å²) >= 11 is 8.54. The third-order valence-electron chi connectivity index (χ3n) is 2.38. The van der Waals surface area contributed by atoms with Gasteiger partial charge in [0.1, 0.15) is 0 Å². The monoisotopic (exact) mass is 322 g/mol. The number of sulfonamides is 1. The first-order chi connectivity index (χ1) is 8.55. The van der Waals surface area contributed by atoms with E-state index in [4.69, 9.17) is 11.6 Å². The Kier molecular flexibility index (Phi) is 4.39. The Balaban J connectivity index is 2.26. The van der Waals surface area contributed by atoms with Gasteiger partial charge in [-0.3, -0.25) is 0 Å². The Labute approximate surface area is 119 Å². The van der Waals surface area contributed by atoms with Gasteiger partial charge in [0, 0.05) is 17.3 Å². The third-order valence-corrected chi connectivity index (χ3v) is 6.38. The maximum absolute atomic E-state index is 12.3. The molecule has 0 unspecified atom stereocenters. The lowest BCUT2D eigenvalue weighted by Gasteiger charge is -2.15. The fourth-order valence-corrected chi connectivity index (χ4v) is 4.81. The van der Waals surface area contributed by atoms with Crippen LogP contribution in [0.15, 0.2) is 27.2 Å². The van der Waals surface area contributed by atoms with Crippen molar-refractivity contribution < 1.29 is 8.42 Å². The van der Waals surface area contributed by atoms with Crippen LogP contribution in [0, 0.1) is 0 Å². The largest absolute Gasteiger partial charge is 0.248 e. The standard InChI is InChI=1S/C10H11ClN2O2S3/c1-13(5-8-6-16-7-12-8)18(14,15)10-2-3-17-9(10)4-11/h2-3,6-7H,4-5H2,1H3. The van der Waals surface area contributed by atoms with E-state index in [1.807, 2.05) is 5.38 Å². The van der Waals surface area contributed by atoms with Crippen molar-refractivity contribution in [1.29, 1.82) is 0 Å². The summed E-state index contributed by atoms with van der Waals surface area (Å²) in [6.45, 7) is 0.267. The van der Waals surface area contributed by atoms with Crippen molar-refractivity contribution >= 4 is 44.3 Å². The molecule has 8 heteroatoms. The lowest BCUT2D eigenvalue weighted by Crippen LogP contribution is -2.26. The van der Waals surface area contributed by atoms with Gasteiger partial charge < -0.3 is 0 Å². The molecule has 0 fully saturated rings. The van der Waals surface area contributed by atoms with Crippen LogP contribution in [0.4, 0.5) is 0 Å². The Morgan fingerprint density at radius 3 is 2.89 bits per heavy atom. The molecule has 0 aliphatic heterocycles. The van der Waals surface area contributed by atoms with Crippen LogP contribution < -0.4 is 0 Å². The van der Waals surface area contributed by atoms with Gasteiger partial charge in [-0.25, -0.2) is 13.4 Å². The average molecular weight is 323 g/mol. The summed E-state index contributed by atoms with van der Waals surface area (Å²) in [4.78, 5) is 5.04. The zero-order valence-electron chi connectivity index (χ0n) is 9.54. The van der Waals surface area contributed by atoms with Gasteiger partial charge in [-0.2, -0.15) is 4.31 Å². The van der Waals surface area contributed by atoms with E-state index in [9.17, 15) is 8.42 Å². The van der Waals surface area contributed by atoms with Crippen LogP contribution in [0.2, 0.25) is 0 Å².